The summed E-state index contributed by atoms with van der Waals surface area (Å²) in [5.74, 6) is -0.386. The SMILES string of the molecule is CC(Sc1ccc2ccccc2c1)C(=O)NO. The van der Waals surface area contributed by atoms with Gasteiger partial charge in [-0.25, -0.2) is 5.48 Å². The van der Waals surface area contributed by atoms with Crippen LogP contribution in [0, 0.1) is 0 Å². The van der Waals surface area contributed by atoms with E-state index in [2.05, 4.69) is 0 Å². The van der Waals surface area contributed by atoms with Crippen molar-refractivity contribution in [2.24, 2.45) is 0 Å². The maximum absolute atomic E-state index is 11.2. The molecule has 0 aliphatic carbocycles. The number of thioether (sulfide) groups is 1. The monoisotopic (exact) mass is 247 g/mol. The molecule has 0 heterocycles. The molecule has 0 aromatic heterocycles. The maximum atomic E-state index is 11.2. The van der Waals surface area contributed by atoms with Crippen LogP contribution in [0.4, 0.5) is 0 Å². The lowest BCUT2D eigenvalue weighted by molar-refractivity contribution is -0.128. The highest BCUT2D eigenvalue weighted by molar-refractivity contribution is 8.00. The first-order chi connectivity index (χ1) is 8.20. The van der Waals surface area contributed by atoms with Crippen LogP contribution in [0.25, 0.3) is 10.8 Å². The summed E-state index contributed by atoms with van der Waals surface area (Å²) in [5.41, 5.74) is 1.66. The molecule has 17 heavy (non-hydrogen) atoms. The van der Waals surface area contributed by atoms with Gasteiger partial charge in [-0.3, -0.25) is 10.0 Å². The summed E-state index contributed by atoms with van der Waals surface area (Å²) >= 11 is 1.42. The molecular formula is C13H13NO2S. The fraction of sp³-hybridized carbons (Fsp3) is 0.154. The van der Waals surface area contributed by atoms with Crippen LogP contribution >= 0.6 is 11.8 Å². The average Bonchev–Trinajstić information content (AvgIpc) is 2.37. The van der Waals surface area contributed by atoms with Crippen LogP contribution in [0.15, 0.2) is 47.4 Å². The van der Waals surface area contributed by atoms with E-state index in [-0.39, 0.29) is 11.2 Å². The number of hydroxylamine groups is 1. The topological polar surface area (TPSA) is 49.3 Å². The van der Waals surface area contributed by atoms with Gasteiger partial charge in [0.2, 0.25) is 0 Å². The average molecular weight is 247 g/mol. The lowest BCUT2D eigenvalue weighted by Gasteiger charge is -2.09. The van der Waals surface area contributed by atoms with Crippen LogP contribution in [-0.2, 0) is 4.79 Å². The van der Waals surface area contributed by atoms with Crippen LogP contribution in [0.2, 0.25) is 0 Å². The number of carbonyl (C=O) groups is 1. The summed E-state index contributed by atoms with van der Waals surface area (Å²) in [5, 5.41) is 10.5. The van der Waals surface area contributed by atoms with Gasteiger partial charge in [0.1, 0.15) is 0 Å². The van der Waals surface area contributed by atoms with Crippen molar-refractivity contribution in [2.75, 3.05) is 0 Å². The third kappa shape index (κ3) is 2.78. The molecule has 2 N–H and O–H groups in total. The molecule has 88 valence electrons. The first-order valence-corrected chi connectivity index (χ1v) is 6.18. The van der Waals surface area contributed by atoms with Gasteiger partial charge in [-0.05, 0) is 29.8 Å². The summed E-state index contributed by atoms with van der Waals surface area (Å²) in [7, 11) is 0. The van der Waals surface area contributed by atoms with E-state index in [0.29, 0.717) is 0 Å². The summed E-state index contributed by atoms with van der Waals surface area (Å²) < 4.78 is 0. The number of fused-ring (bicyclic) bond motifs is 1. The Bertz CT molecular complexity index is 542. The van der Waals surface area contributed by atoms with Gasteiger partial charge < -0.3 is 0 Å². The Hall–Kier alpha value is -1.52. The molecule has 0 saturated carbocycles. The summed E-state index contributed by atoms with van der Waals surface area (Å²) in [6.45, 7) is 1.76. The van der Waals surface area contributed by atoms with Gasteiger partial charge in [-0.1, -0.05) is 30.3 Å². The standard InChI is InChI=1S/C13H13NO2S/c1-9(13(15)14-16)17-12-7-6-10-4-2-3-5-11(10)8-12/h2-9,16H,1H3,(H,14,15). The third-order valence-electron chi connectivity index (χ3n) is 2.51. The summed E-state index contributed by atoms with van der Waals surface area (Å²) in [6.07, 6.45) is 0. The van der Waals surface area contributed by atoms with Crippen molar-refractivity contribution < 1.29 is 10.0 Å². The highest BCUT2D eigenvalue weighted by Gasteiger charge is 2.13. The molecule has 0 radical (unpaired) electrons. The first kappa shape index (κ1) is 12.0. The van der Waals surface area contributed by atoms with Crippen molar-refractivity contribution >= 4 is 28.4 Å². The van der Waals surface area contributed by atoms with E-state index >= 15 is 0 Å². The summed E-state index contributed by atoms with van der Waals surface area (Å²) in [4.78, 5) is 12.2. The molecule has 0 saturated heterocycles. The minimum Gasteiger partial charge on any atom is -0.289 e. The van der Waals surface area contributed by atoms with Crippen molar-refractivity contribution in [3.05, 3.63) is 42.5 Å². The van der Waals surface area contributed by atoms with E-state index in [1.54, 1.807) is 12.4 Å². The molecule has 1 unspecified atom stereocenters. The number of rotatable bonds is 3. The van der Waals surface area contributed by atoms with Crippen LogP contribution in [0.1, 0.15) is 6.92 Å². The van der Waals surface area contributed by atoms with Gasteiger partial charge in [0.25, 0.3) is 5.91 Å². The molecule has 0 fully saturated rings. The van der Waals surface area contributed by atoms with E-state index in [4.69, 9.17) is 5.21 Å². The predicted molar refractivity (Wildman–Crippen MR) is 69.2 cm³/mol. The van der Waals surface area contributed by atoms with Gasteiger partial charge in [-0.15, -0.1) is 11.8 Å². The van der Waals surface area contributed by atoms with Crippen LogP contribution < -0.4 is 5.48 Å². The molecule has 1 atom stereocenters. The van der Waals surface area contributed by atoms with Gasteiger partial charge in [0.15, 0.2) is 0 Å². The summed E-state index contributed by atoms with van der Waals surface area (Å²) in [6, 6.07) is 14.1. The quantitative estimate of drug-likeness (QED) is 0.498. The van der Waals surface area contributed by atoms with E-state index in [1.807, 2.05) is 42.5 Å². The Labute approximate surface area is 104 Å². The van der Waals surface area contributed by atoms with Crippen LogP contribution in [0.5, 0.6) is 0 Å². The zero-order chi connectivity index (χ0) is 12.3. The first-order valence-electron chi connectivity index (χ1n) is 5.30. The molecule has 0 aliphatic rings. The zero-order valence-corrected chi connectivity index (χ0v) is 10.2. The van der Waals surface area contributed by atoms with Gasteiger partial charge in [0, 0.05) is 4.90 Å². The number of hydrogen-bond donors (Lipinski definition) is 2. The Kier molecular flexibility index (Phi) is 3.66. The Balaban J connectivity index is 2.22. The van der Waals surface area contributed by atoms with Crippen molar-refractivity contribution in [3.63, 3.8) is 0 Å². The smallest absolute Gasteiger partial charge is 0.256 e. The second-order valence-corrected chi connectivity index (χ2v) is 5.16. The minimum atomic E-state index is -0.386. The molecule has 2 aromatic rings. The second kappa shape index (κ2) is 5.21. The number of carbonyl (C=O) groups excluding carboxylic acids is 1. The highest BCUT2D eigenvalue weighted by atomic mass is 32.2. The molecular weight excluding hydrogens is 234 g/mol. The van der Waals surface area contributed by atoms with Gasteiger partial charge >= 0.3 is 0 Å². The molecule has 2 rings (SSSR count). The molecule has 0 spiro atoms. The fourth-order valence-corrected chi connectivity index (χ4v) is 2.50. The van der Waals surface area contributed by atoms with Gasteiger partial charge in [0.05, 0.1) is 5.25 Å². The normalized spacial score (nSPS) is 12.4. The fourth-order valence-electron chi connectivity index (χ4n) is 1.59. The third-order valence-corrected chi connectivity index (χ3v) is 3.61. The van der Waals surface area contributed by atoms with Crippen LogP contribution in [0.3, 0.4) is 0 Å². The molecule has 0 aliphatic heterocycles. The molecule has 2 aromatic carbocycles. The predicted octanol–water partition coefficient (Wildman–Crippen LogP) is 2.83. The Morgan fingerprint density at radius 3 is 2.65 bits per heavy atom. The van der Waals surface area contributed by atoms with Crippen molar-refractivity contribution in [2.45, 2.75) is 17.1 Å². The molecule has 0 bridgehead atoms. The second-order valence-electron chi connectivity index (χ2n) is 3.75. The maximum Gasteiger partial charge on any atom is 0.256 e. The van der Waals surface area contributed by atoms with Crippen molar-refractivity contribution in [1.82, 2.24) is 5.48 Å². The van der Waals surface area contributed by atoms with Crippen molar-refractivity contribution in [1.29, 1.82) is 0 Å². The molecule has 3 nitrogen and oxygen atoms in total. The van der Waals surface area contributed by atoms with E-state index in [0.717, 1.165) is 10.3 Å². The molecule has 1 amide bonds. The number of amides is 1. The number of benzene rings is 2. The van der Waals surface area contributed by atoms with Crippen molar-refractivity contribution in [3.8, 4) is 0 Å². The Morgan fingerprint density at radius 1 is 1.24 bits per heavy atom. The highest BCUT2D eigenvalue weighted by Crippen LogP contribution is 2.26. The lowest BCUT2D eigenvalue weighted by Crippen LogP contribution is -2.27. The zero-order valence-electron chi connectivity index (χ0n) is 9.38. The van der Waals surface area contributed by atoms with E-state index in [9.17, 15) is 4.79 Å². The Morgan fingerprint density at radius 2 is 1.94 bits per heavy atom. The lowest BCUT2D eigenvalue weighted by atomic mass is 10.1. The van der Waals surface area contributed by atoms with Gasteiger partial charge in [-0.2, -0.15) is 0 Å². The van der Waals surface area contributed by atoms with Crippen LogP contribution in [-0.4, -0.2) is 16.4 Å². The largest absolute Gasteiger partial charge is 0.289 e. The minimum absolute atomic E-state index is 0.318. The van der Waals surface area contributed by atoms with E-state index in [1.165, 1.54) is 17.1 Å². The number of hydrogen-bond acceptors (Lipinski definition) is 3. The number of nitrogens with one attached hydrogen (secondary N) is 1. The van der Waals surface area contributed by atoms with E-state index < -0.39 is 0 Å². The molecule has 4 heteroatoms.